The fourth-order valence-electron chi connectivity index (χ4n) is 2.18. The maximum absolute atomic E-state index is 11.9. The molecule has 2 aromatic carbocycles. The molecule has 0 heterocycles. The minimum atomic E-state index is -0.249. The van der Waals surface area contributed by atoms with Gasteiger partial charge < -0.3 is 10.6 Å². The quantitative estimate of drug-likeness (QED) is 0.884. The van der Waals surface area contributed by atoms with Gasteiger partial charge in [-0.15, -0.1) is 0 Å². The number of nitrogens with one attached hydrogen (secondary N) is 2. The number of benzene rings is 2. The second-order valence-corrected chi connectivity index (χ2v) is 5.88. The molecule has 0 spiro atoms. The summed E-state index contributed by atoms with van der Waals surface area (Å²) >= 11 is 5.80. The molecule has 0 aromatic heterocycles. The summed E-state index contributed by atoms with van der Waals surface area (Å²) in [5, 5.41) is 6.03. The van der Waals surface area contributed by atoms with E-state index < -0.39 is 0 Å². The fourth-order valence-corrected chi connectivity index (χ4v) is 2.30. The summed E-state index contributed by atoms with van der Waals surface area (Å²) in [4.78, 5) is 23.7. The maximum atomic E-state index is 11.9. The van der Waals surface area contributed by atoms with E-state index in [1.165, 1.54) is 0 Å². The van der Waals surface area contributed by atoms with Crippen molar-refractivity contribution < 1.29 is 9.59 Å². The zero-order chi connectivity index (χ0) is 16.8. The van der Waals surface area contributed by atoms with Gasteiger partial charge in [-0.1, -0.05) is 41.4 Å². The van der Waals surface area contributed by atoms with Crippen molar-refractivity contribution in [2.75, 3.05) is 11.9 Å². The summed E-state index contributed by atoms with van der Waals surface area (Å²) < 4.78 is 0. The van der Waals surface area contributed by atoms with E-state index >= 15 is 0 Å². The van der Waals surface area contributed by atoms with E-state index in [4.69, 9.17) is 11.6 Å². The van der Waals surface area contributed by atoms with Crippen molar-refractivity contribution in [2.45, 2.75) is 20.3 Å². The number of hydrogen-bond acceptors (Lipinski definition) is 2. The molecule has 0 atom stereocenters. The van der Waals surface area contributed by atoms with Crippen LogP contribution in [0.15, 0.2) is 42.5 Å². The lowest BCUT2D eigenvalue weighted by molar-refractivity contribution is -0.123. The van der Waals surface area contributed by atoms with Crippen LogP contribution in [0.5, 0.6) is 0 Å². The largest absolute Gasteiger partial charge is 0.347 e. The van der Waals surface area contributed by atoms with E-state index in [-0.39, 0.29) is 24.8 Å². The van der Waals surface area contributed by atoms with Crippen molar-refractivity contribution in [3.8, 4) is 0 Å². The van der Waals surface area contributed by atoms with Crippen molar-refractivity contribution in [1.29, 1.82) is 0 Å². The first-order valence-corrected chi connectivity index (χ1v) is 7.70. The third-order valence-electron chi connectivity index (χ3n) is 3.38. The number of aryl methyl sites for hydroxylation is 2. The van der Waals surface area contributed by atoms with Crippen LogP contribution < -0.4 is 10.6 Å². The molecule has 2 rings (SSSR count). The lowest BCUT2D eigenvalue weighted by atomic mass is 10.1. The highest BCUT2D eigenvalue weighted by Gasteiger charge is 2.08. The van der Waals surface area contributed by atoms with Gasteiger partial charge in [0.05, 0.1) is 13.0 Å². The molecule has 5 heteroatoms. The highest BCUT2D eigenvalue weighted by molar-refractivity contribution is 6.30. The van der Waals surface area contributed by atoms with Crippen LogP contribution in [0, 0.1) is 13.8 Å². The van der Waals surface area contributed by atoms with E-state index in [9.17, 15) is 9.59 Å². The Hall–Kier alpha value is -2.33. The molecule has 2 N–H and O–H groups in total. The monoisotopic (exact) mass is 330 g/mol. The highest BCUT2D eigenvalue weighted by Crippen LogP contribution is 2.15. The Labute approximate surface area is 140 Å². The third-order valence-corrected chi connectivity index (χ3v) is 3.63. The number of amides is 2. The number of carbonyl (C=O) groups is 2. The molecule has 2 amide bonds. The van der Waals surface area contributed by atoms with E-state index in [1.54, 1.807) is 24.3 Å². The Morgan fingerprint density at radius 2 is 1.70 bits per heavy atom. The Kier molecular flexibility index (Phi) is 5.77. The summed E-state index contributed by atoms with van der Waals surface area (Å²) in [6, 6.07) is 12.8. The first kappa shape index (κ1) is 17.0. The van der Waals surface area contributed by atoms with Crippen LogP contribution >= 0.6 is 11.6 Å². The molecular weight excluding hydrogens is 312 g/mol. The number of hydrogen-bond donors (Lipinski definition) is 2. The van der Waals surface area contributed by atoms with Crippen LogP contribution in [-0.4, -0.2) is 18.4 Å². The normalized spacial score (nSPS) is 10.2. The molecule has 2 aromatic rings. The standard InChI is InChI=1S/C18H19ClN2O2/c1-12-3-8-16(13(2)9-12)21-18(23)11-20-17(22)10-14-4-6-15(19)7-5-14/h3-9H,10-11H2,1-2H3,(H,20,22)(H,21,23). The molecule has 0 radical (unpaired) electrons. The Balaban J connectivity index is 1.81. The van der Waals surface area contributed by atoms with Crippen molar-refractivity contribution in [3.63, 3.8) is 0 Å². The molecular formula is C18H19ClN2O2. The van der Waals surface area contributed by atoms with Crippen molar-refractivity contribution in [1.82, 2.24) is 5.32 Å². The average Bonchev–Trinajstić information content (AvgIpc) is 2.50. The number of carbonyl (C=O) groups excluding carboxylic acids is 2. The predicted octanol–water partition coefficient (Wildman–Crippen LogP) is 3.25. The predicted molar refractivity (Wildman–Crippen MR) is 92.7 cm³/mol. The van der Waals surface area contributed by atoms with Gasteiger partial charge in [0.2, 0.25) is 11.8 Å². The van der Waals surface area contributed by atoms with Gasteiger partial charge >= 0.3 is 0 Å². The minimum absolute atomic E-state index is 0.0558. The van der Waals surface area contributed by atoms with Gasteiger partial charge in [-0.2, -0.15) is 0 Å². The fraction of sp³-hybridized carbons (Fsp3) is 0.222. The van der Waals surface area contributed by atoms with E-state index in [2.05, 4.69) is 10.6 Å². The van der Waals surface area contributed by atoms with Crippen LogP contribution in [0.4, 0.5) is 5.69 Å². The average molecular weight is 331 g/mol. The summed E-state index contributed by atoms with van der Waals surface area (Å²) in [6.45, 7) is 3.87. The molecule has 0 aliphatic carbocycles. The van der Waals surface area contributed by atoms with Gasteiger partial charge in [0.15, 0.2) is 0 Å². The maximum Gasteiger partial charge on any atom is 0.243 e. The first-order chi connectivity index (χ1) is 10.9. The first-order valence-electron chi connectivity index (χ1n) is 7.32. The lowest BCUT2D eigenvalue weighted by Crippen LogP contribution is -2.33. The molecule has 0 bridgehead atoms. The van der Waals surface area contributed by atoms with E-state index in [0.29, 0.717) is 5.02 Å². The Morgan fingerprint density at radius 3 is 2.35 bits per heavy atom. The Bertz CT molecular complexity index is 711. The molecule has 0 fully saturated rings. The third kappa shape index (κ3) is 5.42. The molecule has 0 saturated carbocycles. The SMILES string of the molecule is Cc1ccc(NC(=O)CNC(=O)Cc2ccc(Cl)cc2)c(C)c1. The highest BCUT2D eigenvalue weighted by atomic mass is 35.5. The van der Waals surface area contributed by atoms with Gasteiger partial charge in [0.25, 0.3) is 0 Å². The lowest BCUT2D eigenvalue weighted by Gasteiger charge is -2.10. The van der Waals surface area contributed by atoms with E-state index in [1.807, 2.05) is 32.0 Å². The van der Waals surface area contributed by atoms with E-state index in [0.717, 1.165) is 22.4 Å². The summed E-state index contributed by atoms with van der Waals surface area (Å²) in [5.74, 6) is -0.454. The van der Waals surface area contributed by atoms with Crippen LogP contribution in [0.2, 0.25) is 5.02 Å². The molecule has 0 unspecified atom stereocenters. The summed E-state index contributed by atoms with van der Waals surface area (Å²) in [6.07, 6.45) is 0.216. The second kappa shape index (κ2) is 7.79. The summed E-state index contributed by atoms with van der Waals surface area (Å²) in [7, 11) is 0. The Morgan fingerprint density at radius 1 is 1.00 bits per heavy atom. The molecule has 0 aliphatic heterocycles. The van der Waals surface area contributed by atoms with Gasteiger partial charge in [-0.3, -0.25) is 9.59 Å². The molecule has 0 aliphatic rings. The van der Waals surface area contributed by atoms with Gasteiger partial charge in [-0.25, -0.2) is 0 Å². The van der Waals surface area contributed by atoms with Crippen molar-refractivity contribution >= 4 is 29.1 Å². The van der Waals surface area contributed by atoms with Crippen LogP contribution in [0.25, 0.3) is 0 Å². The zero-order valence-electron chi connectivity index (χ0n) is 13.2. The summed E-state index contributed by atoms with van der Waals surface area (Å²) in [5.41, 5.74) is 3.73. The van der Waals surface area contributed by atoms with Gasteiger partial charge in [0.1, 0.15) is 0 Å². The number of rotatable bonds is 5. The number of anilines is 1. The minimum Gasteiger partial charge on any atom is -0.347 e. The zero-order valence-corrected chi connectivity index (χ0v) is 13.9. The molecule has 23 heavy (non-hydrogen) atoms. The van der Waals surface area contributed by atoms with Gasteiger partial charge in [0, 0.05) is 10.7 Å². The molecule has 120 valence electrons. The van der Waals surface area contributed by atoms with Crippen LogP contribution in [-0.2, 0) is 16.0 Å². The second-order valence-electron chi connectivity index (χ2n) is 5.45. The topological polar surface area (TPSA) is 58.2 Å². The smallest absolute Gasteiger partial charge is 0.243 e. The van der Waals surface area contributed by atoms with Crippen LogP contribution in [0.1, 0.15) is 16.7 Å². The van der Waals surface area contributed by atoms with Crippen molar-refractivity contribution in [3.05, 3.63) is 64.2 Å². The van der Waals surface area contributed by atoms with Crippen molar-refractivity contribution in [2.24, 2.45) is 0 Å². The molecule has 0 saturated heterocycles. The number of halogens is 1. The van der Waals surface area contributed by atoms with Crippen LogP contribution in [0.3, 0.4) is 0 Å². The van der Waals surface area contributed by atoms with Gasteiger partial charge in [-0.05, 0) is 43.2 Å². The molecule has 4 nitrogen and oxygen atoms in total.